The Hall–Kier alpha value is -0.120. The first-order chi connectivity index (χ1) is 8.67. The van der Waals surface area contributed by atoms with Gasteiger partial charge < -0.3 is 15.4 Å². The summed E-state index contributed by atoms with van der Waals surface area (Å²) in [5.74, 6) is 0.852. The maximum atomic E-state index is 6.13. The number of likely N-dealkylation sites (tertiary alicyclic amines) is 1. The summed E-state index contributed by atoms with van der Waals surface area (Å²) in [6, 6.07) is 0. The summed E-state index contributed by atoms with van der Waals surface area (Å²) in [5.41, 5.74) is 6.51. The van der Waals surface area contributed by atoms with Crippen molar-refractivity contribution < 1.29 is 4.74 Å². The average molecular weight is 254 g/mol. The van der Waals surface area contributed by atoms with Gasteiger partial charge in [0.25, 0.3) is 0 Å². The van der Waals surface area contributed by atoms with Crippen LogP contribution in [0.5, 0.6) is 0 Å². The molecule has 3 nitrogen and oxygen atoms in total. The van der Waals surface area contributed by atoms with Gasteiger partial charge in [-0.1, -0.05) is 19.8 Å². The fraction of sp³-hybridized carbons (Fsp3) is 1.00. The number of nitrogens with two attached hydrogens (primary N) is 1. The van der Waals surface area contributed by atoms with Gasteiger partial charge >= 0.3 is 0 Å². The van der Waals surface area contributed by atoms with E-state index in [2.05, 4.69) is 11.8 Å². The highest BCUT2D eigenvalue weighted by Gasteiger charge is 2.36. The van der Waals surface area contributed by atoms with Gasteiger partial charge in [-0.25, -0.2) is 0 Å². The molecule has 0 radical (unpaired) electrons. The number of hydrogen-bond acceptors (Lipinski definition) is 3. The summed E-state index contributed by atoms with van der Waals surface area (Å²) in [4.78, 5) is 2.60. The molecular formula is C15H30N2O. The molecule has 18 heavy (non-hydrogen) atoms. The molecule has 2 fully saturated rings. The van der Waals surface area contributed by atoms with Crippen molar-refractivity contribution in [2.24, 2.45) is 17.1 Å². The highest BCUT2D eigenvalue weighted by molar-refractivity contribution is 4.90. The molecule has 0 aromatic heterocycles. The van der Waals surface area contributed by atoms with E-state index in [0.29, 0.717) is 11.5 Å². The van der Waals surface area contributed by atoms with Crippen molar-refractivity contribution in [3.8, 4) is 0 Å². The molecule has 0 amide bonds. The molecule has 1 aliphatic heterocycles. The van der Waals surface area contributed by atoms with E-state index in [-0.39, 0.29) is 0 Å². The second kappa shape index (κ2) is 6.36. The first-order valence-corrected chi connectivity index (χ1v) is 7.63. The molecule has 3 heteroatoms. The second-order valence-electron chi connectivity index (χ2n) is 6.64. The van der Waals surface area contributed by atoms with Crippen LogP contribution in [0.3, 0.4) is 0 Å². The Labute approximate surface area is 112 Å². The number of nitrogens with zero attached hydrogens (tertiary/aromatic N) is 1. The average Bonchev–Trinajstić information content (AvgIpc) is 2.39. The summed E-state index contributed by atoms with van der Waals surface area (Å²) in [6.07, 6.45) is 8.32. The molecule has 2 N–H and O–H groups in total. The summed E-state index contributed by atoms with van der Waals surface area (Å²) in [5, 5.41) is 0. The van der Waals surface area contributed by atoms with Gasteiger partial charge in [0.15, 0.2) is 0 Å². The minimum Gasteiger partial charge on any atom is -0.380 e. The molecule has 3 unspecified atom stereocenters. The third-order valence-electron chi connectivity index (χ3n) is 4.97. The van der Waals surface area contributed by atoms with Crippen molar-refractivity contribution in [2.45, 2.75) is 51.6 Å². The number of methoxy groups -OCH3 is 1. The Morgan fingerprint density at radius 1 is 1.33 bits per heavy atom. The quantitative estimate of drug-likeness (QED) is 0.836. The smallest absolute Gasteiger partial charge is 0.0698 e. The summed E-state index contributed by atoms with van der Waals surface area (Å²) in [6.45, 7) is 6.76. The van der Waals surface area contributed by atoms with Crippen molar-refractivity contribution in [3.05, 3.63) is 0 Å². The molecule has 1 aliphatic carbocycles. The molecule has 2 aliphatic rings. The van der Waals surface area contributed by atoms with Crippen LogP contribution in [0.15, 0.2) is 0 Å². The fourth-order valence-electron chi connectivity index (χ4n) is 3.99. The molecule has 1 saturated heterocycles. The molecule has 0 bridgehead atoms. The summed E-state index contributed by atoms with van der Waals surface area (Å²) in [7, 11) is 1.84. The van der Waals surface area contributed by atoms with Crippen LogP contribution in [0, 0.1) is 11.3 Å². The third-order valence-corrected chi connectivity index (χ3v) is 4.97. The van der Waals surface area contributed by atoms with E-state index in [1.807, 2.05) is 7.11 Å². The van der Waals surface area contributed by atoms with Crippen LogP contribution in [0.2, 0.25) is 0 Å². The van der Waals surface area contributed by atoms with Crippen LogP contribution in [0.25, 0.3) is 0 Å². The largest absolute Gasteiger partial charge is 0.380 e. The standard InChI is InChI=1S/C15H30N2O/c1-13-5-3-7-15(9-13,11-16)12-17-8-4-6-14(10-17)18-2/h13-14H,3-12,16H2,1-2H3. The van der Waals surface area contributed by atoms with Crippen molar-refractivity contribution >= 4 is 0 Å². The number of rotatable bonds is 4. The zero-order valence-corrected chi connectivity index (χ0v) is 12.2. The van der Waals surface area contributed by atoms with Crippen LogP contribution in [-0.2, 0) is 4.74 Å². The highest BCUT2D eigenvalue weighted by Crippen LogP contribution is 2.39. The van der Waals surface area contributed by atoms with Crippen LogP contribution >= 0.6 is 0 Å². The fourth-order valence-corrected chi connectivity index (χ4v) is 3.99. The zero-order valence-electron chi connectivity index (χ0n) is 12.2. The lowest BCUT2D eigenvalue weighted by Gasteiger charge is -2.44. The van der Waals surface area contributed by atoms with E-state index in [1.54, 1.807) is 0 Å². The monoisotopic (exact) mass is 254 g/mol. The lowest BCUT2D eigenvalue weighted by Crippen LogP contribution is -2.49. The van der Waals surface area contributed by atoms with E-state index >= 15 is 0 Å². The predicted octanol–water partition coefficient (Wildman–Crippen LogP) is 2.25. The summed E-state index contributed by atoms with van der Waals surface area (Å²) >= 11 is 0. The first kappa shape index (κ1) is 14.3. The number of piperidine rings is 1. The van der Waals surface area contributed by atoms with Gasteiger partial charge in [0.1, 0.15) is 0 Å². The Bertz CT molecular complexity index is 259. The van der Waals surface area contributed by atoms with Crippen molar-refractivity contribution in [2.75, 3.05) is 33.3 Å². The Morgan fingerprint density at radius 3 is 2.83 bits per heavy atom. The van der Waals surface area contributed by atoms with Gasteiger partial charge in [-0.05, 0) is 50.1 Å². The minimum absolute atomic E-state index is 0.382. The Morgan fingerprint density at radius 2 is 2.17 bits per heavy atom. The summed E-state index contributed by atoms with van der Waals surface area (Å²) < 4.78 is 5.53. The Kier molecular flexibility index (Phi) is 5.05. The topological polar surface area (TPSA) is 38.5 Å². The molecular weight excluding hydrogens is 224 g/mol. The highest BCUT2D eigenvalue weighted by atomic mass is 16.5. The predicted molar refractivity (Wildman–Crippen MR) is 75.6 cm³/mol. The van der Waals surface area contributed by atoms with Gasteiger partial charge in [0.2, 0.25) is 0 Å². The lowest BCUT2D eigenvalue weighted by atomic mass is 9.69. The molecule has 1 saturated carbocycles. The molecule has 2 rings (SSSR count). The van der Waals surface area contributed by atoms with Gasteiger partial charge in [-0.2, -0.15) is 0 Å². The van der Waals surface area contributed by atoms with Crippen LogP contribution in [-0.4, -0.2) is 44.3 Å². The van der Waals surface area contributed by atoms with Crippen LogP contribution in [0.1, 0.15) is 45.4 Å². The Balaban J connectivity index is 1.92. The van der Waals surface area contributed by atoms with Gasteiger partial charge in [0, 0.05) is 20.2 Å². The van der Waals surface area contributed by atoms with Gasteiger partial charge in [-0.3, -0.25) is 0 Å². The second-order valence-corrected chi connectivity index (χ2v) is 6.64. The third kappa shape index (κ3) is 3.46. The minimum atomic E-state index is 0.382. The van der Waals surface area contributed by atoms with Gasteiger partial charge in [-0.15, -0.1) is 0 Å². The van der Waals surface area contributed by atoms with Gasteiger partial charge in [0.05, 0.1) is 6.10 Å². The number of ether oxygens (including phenoxy) is 1. The maximum absolute atomic E-state index is 6.13. The maximum Gasteiger partial charge on any atom is 0.0698 e. The van der Waals surface area contributed by atoms with E-state index in [4.69, 9.17) is 10.5 Å². The normalized spacial score (nSPS) is 38.8. The van der Waals surface area contributed by atoms with Crippen molar-refractivity contribution in [1.29, 1.82) is 0 Å². The molecule has 0 spiro atoms. The van der Waals surface area contributed by atoms with E-state index in [9.17, 15) is 0 Å². The van der Waals surface area contributed by atoms with E-state index in [1.165, 1.54) is 51.6 Å². The van der Waals surface area contributed by atoms with E-state index in [0.717, 1.165) is 19.0 Å². The van der Waals surface area contributed by atoms with E-state index < -0.39 is 0 Å². The van der Waals surface area contributed by atoms with Crippen LogP contribution < -0.4 is 5.73 Å². The zero-order chi connectivity index (χ0) is 13.0. The van der Waals surface area contributed by atoms with Crippen molar-refractivity contribution in [1.82, 2.24) is 4.90 Å². The SMILES string of the molecule is COC1CCCN(CC2(CN)CCCC(C)C2)C1. The molecule has 3 atom stereocenters. The lowest BCUT2D eigenvalue weighted by molar-refractivity contribution is 0.00418. The molecule has 1 heterocycles. The van der Waals surface area contributed by atoms with Crippen LogP contribution in [0.4, 0.5) is 0 Å². The molecule has 0 aromatic rings. The molecule has 0 aromatic carbocycles. The van der Waals surface area contributed by atoms with Crippen molar-refractivity contribution in [3.63, 3.8) is 0 Å². The first-order valence-electron chi connectivity index (χ1n) is 7.63. The molecule has 106 valence electrons. The number of hydrogen-bond donors (Lipinski definition) is 1.